The molecule has 1 aromatic carbocycles. The van der Waals surface area contributed by atoms with Crippen molar-refractivity contribution in [1.29, 1.82) is 0 Å². The molecule has 0 fully saturated rings. The topological polar surface area (TPSA) is 89.7 Å². The lowest BCUT2D eigenvalue weighted by atomic mass is 10.2. The number of hydrogen-bond acceptors (Lipinski definition) is 4. The van der Waals surface area contributed by atoms with Gasteiger partial charge in [-0.15, -0.1) is 0 Å². The molecule has 0 heterocycles. The maximum Gasteiger partial charge on any atom is 0.311 e. The summed E-state index contributed by atoms with van der Waals surface area (Å²) in [5.74, 6) is -0.513. The maximum atomic E-state index is 10.8. The minimum atomic E-state index is -0.810. The molecular weight excluding hydrogens is 250 g/mol. The number of carboxylic acid groups (broad SMARTS) is 1. The third-order valence-corrected chi connectivity index (χ3v) is 2.67. The zero-order chi connectivity index (χ0) is 14.3. The number of benzene rings is 1. The van der Waals surface area contributed by atoms with Gasteiger partial charge in [-0.25, -0.2) is 0 Å². The van der Waals surface area contributed by atoms with Crippen LogP contribution in [0.15, 0.2) is 18.2 Å². The number of aryl methyl sites for hydroxylation is 1. The molecular formula is C13H17NO5. The molecule has 0 radical (unpaired) electrons. The van der Waals surface area contributed by atoms with Gasteiger partial charge in [0.1, 0.15) is 0 Å². The van der Waals surface area contributed by atoms with E-state index in [1.54, 1.807) is 19.1 Å². The zero-order valence-electron chi connectivity index (χ0n) is 10.8. The van der Waals surface area contributed by atoms with Gasteiger partial charge in [0.2, 0.25) is 0 Å². The Hall–Kier alpha value is -2.11. The fourth-order valence-corrected chi connectivity index (χ4v) is 1.70. The van der Waals surface area contributed by atoms with Crippen LogP contribution in [-0.2, 0) is 4.79 Å². The van der Waals surface area contributed by atoms with Gasteiger partial charge in [-0.1, -0.05) is 12.1 Å². The average molecular weight is 267 g/mol. The minimum absolute atomic E-state index is 0.0365. The normalized spacial score (nSPS) is 10.2. The molecule has 0 atom stereocenters. The van der Waals surface area contributed by atoms with E-state index in [0.717, 1.165) is 12.0 Å². The van der Waals surface area contributed by atoms with E-state index in [1.807, 2.05) is 0 Å². The number of para-hydroxylation sites is 1. The monoisotopic (exact) mass is 267 g/mol. The van der Waals surface area contributed by atoms with Crippen molar-refractivity contribution < 1.29 is 19.6 Å². The van der Waals surface area contributed by atoms with Crippen LogP contribution in [0.25, 0.3) is 0 Å². The minimum Gasteiger partial charge on any atom is -0.487 e. The predicted molar refractivity (Wildman–Crippen MR) is 69.4 cm³/mol. The number of unbranched alkanes of at least 4 members (excludes halogenated alkanes) is 2. The van der Waals surface area contributed by atoms with Gasteiger partial charge in [-0.2, -0.15) is 0 Å². The van der Waals surface area contributed by atoms with E-state index in [4.69, 9.17) is 9.84 Å². The zero-order valence-corrected chi connectivity index (χ0v) is 10.8. The van der Waals surface area contributed by atoms with Crippen molar-refractivity contribution in [1.82, 2.24) is 0 Å². The summed E-state index contributed by atoms with van der Waals surface area (Å²) in [5, 5.41) is 19.3. The Bertz CT molecular complexity index is 458. The third kappa shape index (κ3) is 4.95. The number of nitro benzene ring substituents is 1. The van der Waals surface area contributed by atoms with Crippen LogP contribution in [0, 0.1) is 17.0 Å². The number of nitrogens with zero attached hydrogens (tertiary/aromatic N) is 1. The van der Waals surface area contributed by atoms with Crippen molar-refractivity contribution in [2.75, 3.05) is 6.61 Å². The fraction of sp³-hybridized carbons (Fsp3) is 0.462. The first-order valence-corrected chi connectivity index (χ1v) is 6.11. The highest BCUT2D eigenvalue weighted by molar-refractivity contribution is 5.66. The van der Waals surface area contributed by atoms with Crippen molar-refractivity contribution in [3.8, 4) is 5.75 Å². The van der Waals surface area contributed by atoms with Crippen molar-refractivity contribution in [3.05, 3.63) is 33.9 Å². The van der Waals surface area contributed by atoms with Crippen LogP contribution in [0.1, 0.15) is 31.2 Å². The van der Waals surface area contributed by atoms with Crippen LogP contribution in [0.2, 0.25) is 0 Å². The summed E-state index contributed by atoms with van der Waals surface area (Å²) in [7, 11) is 0. The molecule has 0 saturated carbocycles. The van der Waals surface area contributed by atoms with E-state index in [-0.39, 0.29) is 12.1 Å². The number of rotatable bonds is 8. The Labute approximate surface area is 111 Å². The number of nitro groups is 1. The smallest absolute Gasteiger partial charge is 0.311 e. The third-order valence-electron chi connectivity index (χ3n) is 2.67. The SMILES string of the molecule is Cc1cccc([N+](=O)[O-])c1OCCCCCC(=O)O. The average Bonchev–Trinajstić information content (AvgIpc) is 2.34. The second-order valence-corrected chi connectivity index (χ2v) is 4.23. The van der Waals surface area contributed by atoms with E-state index in [9.17, 15) is 14.9 Å². The molecule has 0 aliphatic carbocycles. The molecule has 6 nitrogen and oxygen atoms in total. The lowest BCUT2D eigenvalue weighted by Gasteiger charge is -2.09. The molecule has 1 N–H and O–H groups in total. The fourth-order valence-electron chi connectivity index (χ4n) is 1.70. The lowest BCUT2D eigenvalue weighted by molar-refractivity contribution is -0.385. The van der Waals surface area contributed by atoms with Gasteiger partial charge in [0.15, 0.2) is 5.75 Å². The predicted octanol–water partition coefficient (Wildman–Crippen LogP) is 2.93. The molecule has 0 aromatic heterocycles. The quantitative estimate of drug-likeness (QED) is 0.444. The van der Waals surface area contributed by atoms with Crippen LogP contribution in [0.4, 0.5) is 5.69 Å². The highest BCUT2D eigenvalue weighted by Crippen LogP contribution is 2.30. The first-order valence-electron chi connectivity index (χ1n) is 6.11. The Morgan fingerprint density at radius 3 is 2.74 bits per heavy atom. The summed E-state index contributed by atoms with van der Waals surface area (Å²) in [6.07, 6.45) is 2.14. The number of aliphatic carboxylic acids is 1. The largest absolute Gasteiger partial charge is 0.487 e. The molecule has 0 aliphatic heterocycles. The van der Waals surface area contributed by atoms with Gasteiger partial charge in [-0.3, -0.25) is 14.9 Å². The van der Waals surface area contributed by atoms with Crippen LogP contribution >= 0.6 is 0 Å². The second kappa shape index (κ2) is 7.35. The second-order valence-electron chi connectivity index (χ2n) is 4.23. The molecule has 1 aromatic rings. The number of carboxylic acids is 1. The Kier molecular flexibility index (Phi) is 5.78. The highest BCUT2D eigenvalue weighted by atomic mass is 16.6. The molecule has 104 valence electrons. The summed E-state index contributed by atoms with van der Waals surface area (Å²) in [6, 6.07) is 4.78. The van der Waals surface area contributed by atoms with Crippen LogP contribution < -0.4 is 4.74 Å². The summed E-state index contributed by atoms with van der Waals surface area (Å²) in [5.41, 5.74) is 0.685. The molecule has 0 aliphatic rings. The molecule has 19 heavy (non-hydrogen) atoms. The summed E-state index contributed by atoms with van der Waals surface area (Å²) in [6.45, 7) is 2.11. The van der Waals surface area contributed by atoms with Gasteiger partial charge in [0.25, 0.3) is 0 Å². The van der Waals surface area contributed by atoms with E-state index in [1.165, 1.54) is 6.07 Å². The molecule has 1 rings (SSSR count). The number of carbonyl (C=O) groups is 1. The molecule has 0 saturated heterocycles. The van der Waals surface area contributed by atoms with Crippen molar-refractivity contribution in [2.45, 2.75) is 32.6 Å². The first-order chi connectivity index (χ1) is 9.02. The molecule has 0 bridgehead atoms. The van der Waals surface area contributed by atoms with E-state index >= 15 is 0 Å². The highest BCUT2D eigenvalue weighted by Gasteiger charge is 2.16. The van der Waals surface area contributed by atoms with Crippen molar-refractivity contribution in [2.24, 2.45) is 0 Å². The molecule has 0 spiro atoms. The Morgan fingerprint density at radius 2 is 2.11 bits per heavy atom. The summed E-state index contributed by atoms with van der Waals surface area (Å²) < 4.78 is 5.45. The van der Waals surface area contributed by atoms with Crippen LogP contribution in [0.5, 0.6) is 5.75 Å². The lowest BCUT2D eigenvalue weighted by Crippen LogP contribution is -2.03. The maximum absolute atomic E-state index is 10.8. The van der Waals surface area contributed by atoms with E-state index in [2.05, 4.69) is 0 Å². The van der Waals surface area contributed by atoms with Crippen molar-refractivity contribution in [3.63, 3.8) is 0 Å². The van der Waals surface area contributed by atoms with Crippen LogP contribution in [0.3, 0.4) is 0 Å². The van der Waals surface area contributed by atoms with Gasteiger partial charge >= 0.3 is 11.7 Å². The van der Waals surface area contributed by atoms with Gasteiger partial charge in [-0.05, 0) is 31.7 Å². The van der Waals surface area contributed by atoms with Gasteiger partial charge in [0, 0.05) is 12.5 Å². The Balaban J connectivity index is 2.45. The van der Waals surface area contributed by atoms with E-state index < -0.39 is 10.9 Å². The van der Waals surface area contributed by atoms with Gasteiger partial charge in [0.05, 0.1) is 11.5 Å². The van der Waals surface area contributed by atoms with Crippen LogP contribution in [-0.4, -0.2) is 22.6 Å². The first kappa shape index (κ1) is 14.9. The summed E-state index contributed by atoms with van der Waals surface area (Å²) >= 11 is 0. The number of hydrogen-bond donors (Lipinski definition) is 1. The Morgan fingerprint density at radius 1 is 1.37 bits per heavy atom. The van der Waals surface area contributed by atoms with Gasteiger partial charge < -0.3 is 9.84 Å². The molecule has 6 heteroatoms. The van der Waals surface area contributed by atoms with Crippen molar-refractivity contribution >= 4 is 11.7 Å². The number of ether oxygens (including phenoxy) is 1. The standard InChI is InChI=1S/C13H17NO5/c1-10-6-5-7-11(14(17)18)13(10)19-9-4-2-3-8-12(15)16/h5-7H,2-4,8-9H2,1H3,(H,15,16). The molecule has 0 amide bonds. The summed E-state index contributed by atoms with van der Waals surface area (Å²) in [4.78, 5) is 20.7. The van der Waals surface area contributed by atoms with E-state index in [0.29, 0.717) is 25.2 Å². The molecule has 0 unspecified atom stereocenters.